The first-order valence-electron chi connectivity index (χ1n) is 12.0. The molecule has 37 heavy (non-hydrogen) atoms. The number of nitrogens with one attached hydrogen (secondary N) is 1. The van der Waals surface area contributed by atoms with E-state index >= 15 is 0 Å². The molecule has 0 spiro atoms. The molecular formula is C31H26FN3O2. The number of carbonyl (C=O) groups is 1. The predicted octanol–water partition coefficient (Wildman–Crippen LogP) is 5.52. The van der Waals surface area contributed by atoms with Crippen molar-refractivity contribution in [2.75, 3.05) is 0 Å². The van der Waals surface area contributed by atoms with Gasteiger partial charge in [-0.25, -0.2) is 9.82 Å². The smallest absolute Gasteiger partial charge is 0.281 e. The highest BCUT2D eigenvalue weighted by Gasteiger charge is 2.39. The molecule has 1 aromatic heterocycles. The lowest BCUT2D eigenvalue weighted by Crippen LogP contribution is -2.43. The molecule has 0 aliphatic heterocycles. The largest absolute Gasteiger partial charge is 0.372 e. The summed E-state index contributed by atoms with van der Waals surface area (Å²) in [4.78, 5) is 13.4. The summed E-state index contributed by atoms with van der Waals surface area (Å²) in [6.45, 7) is 2.30. The number of hydrogen-bond donors (Lipinski definition) is 2. The molecule has 1 heterocycles. The van der Waals surface area contributed by atoms with E-state index in [2.05, 4.69) is 10.5 Å². The fourth-order valence-electron chi connectivity index (χ4n) is 4.65. The maximum Gasteiger partial charge on any atom is 0.281 e. The lowest BCUT2D eigenvalue weighted by Gasteiger charge is -2.27. The Morgan fingerprint density at radius 3 is 2.11 bits per heavy atom. The number of fused-ring (bicyclic) bond motifs is 1. The Morgan fingerprint density at radius 1 is 0.892 bits per heavy atom. The fourth-order valence-corrected chi connectivity index (χ4v) is 4.65. The number of hydrogen-bond acceptors (Lipinski definition) is 3. The maximum absolute atomic E-state index is 14.4. The van der Waals surface area contributed by atoms with Gasteiger partial charge >= 0.3 is 0 Å². The molecule has 0 saturated heterocycles. The van der Waals surface area contributed by atoms with Gasteiger partial charge in [-0.15, -0.1) is 0 Å². The van der Waals surface area contributed by atoms with Crippen molar-refractivity contribution >= 4 is 23.0 Å². The van der Waals surface area contributed by atoms with E-state index in [0.29, 0.717) is 23.2 Å². The highest BCUT2D eigenvalue weighted by molar-refractivity contribution is 6.01. The van der Waals surface area contributed by atoms with Crippen LogP contribution in [0.5, 0.6) is 0 Å². The van der Waals surface area contributed by atoms with E-state index in [0.717, 1.165) is 22.2 Å². The van der Waals surface area contributed by atoms with Gasteiger partial charge in [-0.05, 0) is 30.2 Å². The quantitative estimate of drug-likeness (QED) is 0.232. The number of aromatic nitrogens is 1. The van der Waals surface area contributed by atoms with Crippen molar-refractivity contribution in [3.8, 4) is 0 Å². The number of rotatable bonds is 7. The Hall–Kier alpha value is -4.55. The van der Waals surface area contributed by atoms with Gasteiger partial charge in [0.25, 0.3) is 5.91 Å². The summed E-state index contributed by atoms with van der Waals surface area (Å²) >= 11 is 0. The molecular weight excluding hydrogens is 465 g/mol. The summed E-state index contributed by atoms with van der Waals surface area (Å²) in [6.07, 6.45) is 1.57. The lowest BCUT2D eigenvalue weighted by atomic mass is 9.85. The van der Waals surface area contributed by atoms with Crippen LogP contribution in [0.2, 0.25) is 0 Å². The number of benzene rings is 4. The van der Waals surface area contributed by atoms with E-state index in [1.165, 1.54) is 6.07 Å². The van der Waals surface area contributed by atoms with Gasteiger partial charge in [0.15, 0.2) is 5.60 Å². The average Bonchev–Trinajstić information content (AvgIpc) is 3.20. The highest BCUT2D eigenvalue weighted by atomic mass is 19.1. The van der Waals surface area contributed by atoms with Crippen LogP contribution in [0.25, 0.3) is 10.9 Å². The number of nitrogens with zero attached hydrogens (tertiary/aromatic N) is 2. The molecule has 6 heteroatoms. The first-order chi connectivity index (χ1) is 18.0. The van der Waals surface area contributed by atoms with Crippen molar-refractivity contribution in [3.63, 3.8) is 0 Å². The second-order valence-corrected chi connectivity index (χ2v) is 8.84. The number of hydrazone groups is 1. The van der Waals surface area contributed by atoms with Gasteiger partial charge in [0.05, 0.1) is 12.8 Å². The summed E-state index contributed by atoms with van der Waals surface area (Å²) in [5, 5.41) is 16.8. The zero-order valence-electron chi connectivity index (χ0n) is 20.3. The Kier molecular flexibility index (Phi) is 6.66. The van der Waals surface area contributed by atoms with Crippen LogP contribution in [0.3, 0.4) is 0 Å². The Labute approximate surface area is 214 Å². The normalized spacial score (nSPS) is 11.8. The minimum absolute atomic E-state index is 0.261. The summed E-state index contributed by atoms with van der Waals surface area (Å²) in [7, 11) is 0. The topological polar surface area (TPSA) is 66.6 Å². The second kappa shape index (κ2) is 10.2. The van der Waals surface area contributed by atoms with Gasteiger partial charge in [-0.1, -0.05) is 97.1 Å². The monoisotopic (exact) mass is 491 g/mol. The fraction of sp³-hybridized carbons (Fsp3) is 0.0968. The SMILES string of the molecule is Cc1c(/C=N\NC(=O)C(O)(c2ccccc2)c2ccccc2)c2ccccc2n1Cc1ccccc1F. The maximum atomic E-state index is 14.4. The van der Waals surface area contributed by atoms with Gasteiger partial charge in [0.1, 0.15) is 5.82 Å². The van der Waals surface area contributed by atoms with Crippen LogP contribution in [-0.2, 0) is 16.9 Å². The minimum atomic E-state index is -1.92. The second-order valence-electron chi connectivity index (χ2n) is 8.84. The van der Waals surface area contributed by atoms with Gasteiger partial charge in [-0.3, -0.25) is 4.79 Å². The lowest BCUT2D eigenvalue weighted by molar-refractivity contribution is -0.136. The van der Waals surface area contributed by atoms with E-state index < -0.39 is 11.5 Å². The third-order valence-electron chi connectivity index (χ3n) is 6.64. The Balaban J connectivity index is 1.48. The highest BCUT2D eigenvalue weighted by Crippen LogP contribution is 2.30. The first-order valence-corrected chi connectivity index (χ1v) is 12.0. The van der Waals surface area contributed by atoms with E-state index in [9.17, 15) is 14.3 Å². The van der Waals surface area contributed by atoms with Crippen LogP contribution in [0.15, 0.2) is 114 Å². The van der Waals surface area contributed by atoms with Crippen molar-refractivity contribution in [3.05, 3.63) is 143 Å². The molecule has 4 aromatic carbocycles. The van der Waals surface area contributed by atoms with E-state index in [1.54, 1.807) is 66.9 Å². The van der Waals surface area contributed by atoms with Gasteiger partial charge in [0, 0.05) is 27.7 Å². The summed E-state index contributed by atoms with van der Waals surface area (Å²) < 4.78 is 16.4. The Morgan fingerprint density at radius 2 is 1.46 bits per heavy atom. The van der Waals surface area contributed by atoms with Crippen molar-refractivity contribution in [2.24, 2.45) is 5.10 Å². The van der Waals surface area contributed by atoms with E-state index in [-0.39, 0.29) is 5.82 Å². The van der Waals surface area contributed by atoms with Crippen LogP contribution in [0.4, 0.5) is 4.39 Å². The molecule has 184 valence electrons. The number of amides is 1. The predicted molar refractivity (Wildman–Crippen MR) is 144 cm³/mol. The van der Waals surface area contributed by atoms with Gasteiger partial charge < -0.3 is 9.67 Å². The van der Waals surface area contributed by atoms with Crippen molar-refractivity contribution in [1.29, 1.82) is 0 Å². The summed E-state index contributed by atoms with van der Waals surface area (Å²) in [5.74, 6) is -0.933. The molecule has 0 bridgehead atoms. The summed E-state index contributed by atoms with van der Waals surface area (Å²) in [6, 6.07) is 32.1. The molecule has 0 aliphatic carbocycles. The molecule has 0 atom stereocenters. The van der Waals surface area contributed by atoms with Crippen LogP contribution in [-0.4, -0.2) is 21.8 Å². The molecule has 0 saturated carbocycles. The van der Waals surface area contributed by atoms with Crippen LogP contribution < -0.4 is 5.43 Å². The third kappa shape index (κ3) is 4.55. The molecule has 5 aromatic rings. The number of carbonyl (C=O) groups excluding carboxylic acids is 1. The first kappa shape index (κ1) is 24.2. The molecule has 0 unspecified atom stereocenters. The standard InChI is InChI=1S/C31H26FN3O2/c1-22-27(26-17-9-11-19-29(26)35(22)21-23-12-8-10-18-28(23)32)20-33-34-30(36)31(37,24-13-4-2-5-14-24)25-15-6-3-7-16-25/h2-20,37H,21H2,1H3,(H,34,36)/b33-20-. The van der Waals surface area contributed by atoms with Gasteiger partial charge in [-0.2, -0.15) is 5.10 Å². The summed E-state index contributed by atoms with van der Waals surface area (Å²) in [5.41, 5.74) is 4.68. The van der Waals surface area contributed by atoms with Crippen molar-refractivity contribution in [1.82, 2.24) is 9.99 Å². The molecule has 0 fully saturated rings. The zero-order valence-corrected chi connectivity index (χ0v) is 20.3. The molecule has 1 amide bonds. The third-order valence-corrected chi connectivity index (χ3v) is 6.64. The number of halogens is 1. The van der Waals surface area contributed by atoms with Crippen LogP contribution in [0, 0.1) is 12.7 Å². The molecule has 5 nitrogen and oxygen atoms in total. The average molecular weight is 492 g/mol. The van der Waals surface area contributed by atoms with Crippen molar-refractivity contribution < 1.29 is 14.3 Å². The zero-order chi connectivity index (χ0) is 25.8. The molecule has 5 rings (SSSR count). The van der Waals surface area contributed by atoms with Crippen LogP contribution >= 0.6 is 0 Å². The minimum Gasteiger partial charge on any atom is -0.372 e. The number of para-hydroxylation sites is 1. The van der Waals surface area contributed by atoms with E-state index in [1.807, 2.05) is 54.0 Å². The molecule has 2 N–H and O–H groups in total. The van der Waals surface area contributed by atoms with Gasteiger partial charge in [0.2, 0.25) is 0 Å². The van der Waals surface area contributed by atoms with E-state index in [4.69, 9.17) is 0 Å². The van der Waals surface area contributed by atoms with Crippen LogP contribution in [0.1, 0.15) is 27.9 Å². The van der Waals surface area contributed by atoms with Crippen molar-refractivity contribution in [2.45, 2.75) is 19.1 Å². The number of aliphatic hydroxyl groups is 1. The Bertz CT molecular complexity index is 1540. The molecule has 0 aliphatic rings. The molecule has 0 radical (unpaired) electrons.